The lowest BCUT2D eigenvalue weighted by Crippen LogP contribution is -2.37. The quantitative estimate of drug-likeness (QED) is 0.220. The van der Waals surface area contributed by atoms with Crippen LogP contribution in [0.3, 0.4) is 0 Å². The molecule has 35 heavy (non-hydrogen) atoms. The Balaban J connectivity index is 2.17. The molecule has 3 rings (SSSR count). The maximum atomic E-state index is 13.2. The van der Waals surface area contributed by atoms with E-state index in [9.17, 15) is 9.59 Å². The summed E-state index contributed by atoms with van der Waals surface area (Å²) in [5.41, 5.74) is 2.99. The summed E-state index contributed by atoms with van der Waals surface area (Å²) in [6.07, 6.45) is 2.54. The van der Waals surface area contributed by atoms with E-state index in [2.05, 4.69) is 27.6 Å². The molecule has 0 saturated heterocycles. The lowest BCUT2D eigenvalue weighted by Gasteiger charge is -2.28. The number of esters is 1. The first kappa shape index (κ1) is 26.7. The van der Waals surface area contributed by atoms with E-state index in [1.807, 2.05) is 30.3 Å². The number of benzene rings is 2. The van der Waals surface area contributed by atoms with Crippen molar-refractivity contribution in [1.29, 1.82) is 0 Å². The number of fused-ring (bicyclic) bond motifs is 1. The third-order valence-corrected chi connectivity index (χ3v) is 6.10. The number of nitrogens with zero attached hydrogens (tertiary/aromatic N) is 2. The van der Waals surface area contributed by atoms with Crippen molar-refractivity contribution in [3.63, 3.8) is 0 Å². The Kier molecular flexibility index (Phi) is 8.96. The predicted octanol–water partition coefficient (Wildman–Crippen LogP) is 6.70. The molecule has 1 heterocycles. The number of halogens is 2. The highest BCUT2D eigenvalue weighted by Crippen LogP contribution is 2.38. The van der Waals surface area contributed by atoms with Gasteiger partial charge in [-0.05, 0) is 55.0 Å². The Morgan fingerprint density at radius 1 is 1.17 bits per heavy atom. The van der Waals surface area contributed by atoms with Gasteiger partial charge in [-0.2, -0.15) is 0 Å². The number of rotatable bonds is 7. The second-order valence-electron chi connectivity index (χ2n) is 8.55. The van der Waals surface area contributed by atoms with Crippen LogP contribution in [0, 0.1) is 3.57 Å². The van der Waals surface area contributed by atoms with Gasteiger partial charge in [-0.3, -0.25) is 9.88 Å². The van der Waals surface area contributed by atoms with Crippen LogP contribution in [-0.2, 0) is 16.1 Å². The van der Waals surface area contributed by atoms with Gasteiger partial charge < -0.3 is 14.2 Å². The van der Waals surface area contributed by atoms with Crippen molar-refractivity contribution >= 4 is 62.8 Å². The molecule has 1 amide bonds. The second kappa shape index (κ2) is 11.7. The monoisotopic (exact) mass is 608 g/mol. The average Bonchev–Trinajstić information content (AvgIpc) is 2.83. The zero-order chi connectivity index (χ0) is 25.6. The molecule has 0 aliphatic rings. The minimum Gasteiger partial charge on any atom is -0.487 e. The molecule has 1 aromatic heterocycles. The first-order valence-corrected chi connectivity index (χ1v) is 12.3. The van der Waals surface area contributed by atoms with Crippen molar-refractivity contribution < 1.29 is 23.8 Å². The fourth-order valence-corrected chi connectivity index (χ4v) is 4.16. The average molecular weight is 609 g/mol. The topological polar surface area (TPSA) is 78.0 Å². The van der Waals surface area contributed by atoms with E-state index in [0.29, 0.717) is 32.5 Å². The molecular weight excluding hydrogens is 583 g/mol. The Bertz CT molecular complexity index is 1240. The molecule has 0 bridgehead atoms. The second-order valence-corrected chi connectivity index (χ2v) is 9.88. The van der Waals surface area contributed by atoms with Gasteiger partial charge in [-0.1, -0.05) is 48.0 Å². The van der Waals surface area contributed by atoms with E-state index in [1.54, 1.807) is 39.0 Å². The Hall–Kier alpha value is -2.85. The Morgan fingerprint density at radius 3 is 2.51 bits per heavy atom. The minimum atomic E-state index is -0.700. The summed E-state index contributed by atoms with van der Waals surface area (Å²) >= 11 is 7.91. The first-order valence-electron chi connectivity index (χ1n) is 10.8. The predicted molar refractivity (Wildman–Crippen MR) is 145 cm³/mol. The van der Waals surface area contributed by atoms with Crippen LogP contribution in [-0.4, -0.2) is 36.3 Å². The highest BCUT2D eigenvalue weighted by Gasteiger charge is 2.27. The SMILES string of the molecule is COC(=O)c1cnc2c(OCc3ccccc3)cc(N(C/C=C/Cl)C(=O)OC(C)(C)C)c(I)c2c1. The maximum absolute atomic E-state index is 13.2. The third-order valence-electron chi connectivity index (χ3n) is 4.79. The van der Waals surface area contributed by atoms with Crippen molar-refractivity contribution in [3.05, 3.63) is 75.0 Å². The van der Waals surface area contributed by atoms with Crippen LogP contribution in [0.5, 0.6) is 5.75 Å². The van der Waals surface area contributed by atoms with Gasteiger partial charge in [0.2, 0.25) is 0 Å². The van der Waals surface area contributed by atoms with Gasteiger partial charge in [0, 0.05) is 33.3 Å². The molecule has 0 aliphatic carbocycles. The van der Waals surface area contributed by atoms with Crippen molar-refractivity contribution in [3.8, 4) is 5.75 Å². The van der Waals surface area contributed by atoms with Gasteiger partial charge in [0.05, 0.1) is 18.4 Å². The summed E-state index contributed by atoms with van der Waals surface area (Å²) in [5, 5.41) is 0.637. The number of pyridine rings is 1. The molecule has 0 fully saturated rings. The van der Waals surface area contributed by atoms with Crippen LogP contribution in [0.15, 0.2) is 60.3 Å². The van der Waals surface area contributed by atoms with Gasteiger partial charge in [-0.25, -0.2) is 9.59 Å². The Labute approximate surface area is 223 Å². The molecule has 184 valence electrons. The van der Waals surface area contributed by atoms with Crippen LogP contribution in [0.25, 0.3) is 10.9 Å². The largest absolute Gasteiger partial charge is 0.487 e. The van der Waals surface area contributed by atoms with Crippen molar-refractivity contribution in [1.82, 2.24) is 4.98 Å². The van der Waals surface area contributed by atoms with Gasteiger partial charge in [0.1, 0.15) is 23.5 Å². The summed E-state index contributed by atoms with van der Waals surface area (Å²) in [6, 6.07) is 13.1. The van der Waals surface area contributed by atoms with Gasteiger partial charge in [0.25, 0.3) is 0 Å². The Morgan fingerprint density at radius 2 is 1.89 bits per heavy atom. The van der Waals surface area contributed by atoms with Crippen molar-refractivity contribution in [2.45, 2.75) is 33.0 Å². The fraction of sp³-hybridized carbons (Fsp3) is 0.269. The highest BCUT2D eigenvalue weighted by molar-refractivity contribution is 14.1. The fourth-order valence-electron chi connectivity index (χ4n) is 3.23. The van der Waals surface area contributed by atoms with Gasteiger partial charge in [-0.15, -0.1) is 0 Å². The first-order chi connectivity index (χ1) is 16.6. The lowest BCUT2D eigenvalue weighted by atomic mass is 10.1. The molecule has 0 aliphatic heterocycles. The van der Waals surface area contributed by atoms with E-state index in [4.69, 9.17) is 25.8 Å². The molecule has 0 saturated carbocycles. The van der Waals surface area contributed by atoms with E-state index in [-0.39, 0.29) is 12.1 Å². The number of anilines is 1. The van der Waals surface area contributed by atoms with Crippen LogP contribution in [0.4, 0.5) is 10.5 Å². The van der Waals surface area contributed by atoms with E-state index in [1.165, 1.54) is 23.7 Å². The van der Waals surface area contributed by atoms with Crippen molar-refractivity contribution in [2.75, 3.05) is 18.6 Å². The molecular formula is C26H26ClIN2O5. The summed E-state index contributed by atoms with van der Waals surface area (Å²) in [4.78, 5) is 31.3. The third kappa shape index (κ3) is 6.85. The van der Waals surface area contributed by atoms with E-state index < -0.39 is 17.7 Å². The number of amides is 1. The molecule has 0 unspecified atom stereocenters. The smallest absolute Gasteiger partial charge is 0.415 e. The number of carbonyl (C=O) groups is 2. The van der Waals surface area contributed by atoms with Crippen LogP contribution in [0.2, 0.25) is 0 Å². The van der Waals surface area contributed by atoms with Crippen LogP contribution >= 0.6 is 34.2 Å². The zero-order valence-electron chi connectivity index (χ0n) is 19.9. The number of aromatic nitrogens is 1. The minimum absolute atomic E-state index is 0.169. The van der Waals surface area contributed by atoms with E-state index in [0.717, 1.165) is 5.56 Å². The molecule has 0 radical (unpaired) electrons. The summed E-state index contributed by atoms with van der Waals surface area (Å²) in [7, 11) is 1.31. The summed E-state index contributed by atoms with van der Waals surface area (Å²) in [5.74, 6) is -0.0551. The summed E-state index contributed by atoms with van der Waals surface area (Å²) < 4.78 is 17.4. The normalized spacial score (nSPS) is 11.5. The molecule has 0 N–H and O–H groups in total. The number of hydrogen-bond acceptors (Lipinski definition) is 6. The molecule has 2 aromatic carbocycles. The number of ether oxygens (including phenoxy) is 3. The van der Waals surface area contributed by atoms with Gasteiger partial charge in [0.15, 0.2) is 0 Å². The molecule has 9 heteroatoms. The standard InChI is InChI=1S/C26H26ClIN2O5/c1-26(2,3)35-25(32)30(12-8-11-27)20-14-21(34-16-17-9-6-5-7-10-17)23-19(22(20)28)13-18(15-29-23)24(31)33-4/h5-11,13-15H,12,16H2,1-4H3/b11-8+. The maximum Gasteiger partial charge on any atom is 0.415 e. The van der Waals surface area contributed by atoms with Gasteiger partial charge >= 0.3 is 12.1 Å². The van der Waals surface area contributed by atoms with Crippen molar-refractivity contribution in [2.24, 2.45) is 0 Å². The highest BCUT2D eigenvalue weighted by atomic mass is 127. The molecule has 7 nitrogen and oxygen atoms in total. The van der Waals surface area contributed by atoms with Crippen LogP contribution in [0.1, 0.15) is 36.7 Å². The zero-order valence-corrected chi connectivity index (χ0v) is 22.8. The van der Waals surface area contributed by atoms with Crippen LogP contribution < -0.4 is 9.64 Å². The lowest BCUT2D eigenvalue weighted by molar-refractivity contribution is 0.0579. The van der Waals surface area contributed by atoms with E-state index >= 15 is 0 Å². The summed E-state index contributed by atoms with van der Waals surface area (Å²) in [6.45, 7) is 5.86. The molecule has 0 spiro atoms. The molecule has 0 atom stereocenters. The number of methoxy groups -OCH3 is 1. The number of hydrogen-bond donors (Lipinski definition) is 0. The number of carbonyl (C=O) groups excluding carboxylic acids is 2. The molecule has 3 aromatic rings.